The molecule has 5 fully saturated rings. The number of ether oxygens (including phenoxy) is 4. The maximum Gasteiger partial charge on any atom is 0.331 e. The number of hydrogen-bond donors (Lipinski definition) is 3. The molecule has 12 atom stereocenters. The lowest BCUT2D eigenvalue weighted by Gasteiger charge is -2.66. The summed E-state index contributed by atoms with van der Waals surface area (Å²) in [5, 5.41) is 34.9. The van der Waals surface area contributed by atoms with Gasteiger partial charge in [0.2, 0.25) is 0 Å². The van der Waals surface area contributed by atoms with Crippen LogP contribution in [0.25, 0.3) is 0 Å². The Labute approximate surface area is 226 Å². The number of carbonyl (C=O) groups is 1. The maximum absolute atomic E-state index is 12.4. The Kier molecular flexibility index (Phi) is 6.61. The quantitative estimate of drug-likeness (QED) is 0.372. The summed E-state index contributed by atoms with van der Waals surface area (Å²) in [6.07, 6.45) is 7.36. The first-order chi connectivity index (χ1) is 17.9. The lowest BCUT2D eigenvalue weighted by atomic mass is 9.42. The summed E-state index contributed by atoms with van der Waals surface area (Å²) < 4.78 is 23.0. The Balaban J connectivity index is 1.18. The third-order valence-corrected chi connectivity index (χ3v) is 12.4. The zero-order valence-electron chi connectivity index (χ0n) is 23.4. The third kappa shape index (κ3) is 3.81. The molecule has 4 aliphatic carbocycles. The molecule has 2 aliphatic heterocycles. The smallest absolute Gasteiger partial charge is 0.331 e. The van der Waals surface area contributed by atoms with Gasteiger partial charge in [-0.3, -0.25) is 0 Å². The van der Waals surface area contributed by atoms with Gasteiger partial charge < -0.3 is 34.3 Å². The minimum atomic E-state index is -0.853. The van der Waals surface area contributed by atoms with Gasteiger partial charge in [-0.2, -0.15) is 0 Å². The monoisotopic (exact) mass is 534 g/mol. The van der Waals surface area contributed by atoms with Crippen molar-refractivity contribution >= 4 is 5.97 Å². The molecule has 0 radical (unpaired) electrons. The molecular formula is C30H46O8. The topological polar surface area (TPSA) is 115 Å². The van der Waals surface area contributed by atoms with Crippen molar-refractivity contribution in [2.75, 3.05) is 13.7 Å². The molecule has 0 aromatic heterocycles. The van der Waals surface area contributed by atoms with Crippen LogP contribution in [0, 0.1) is 28.6 Å². The van der Waals surface area contributed by atoms with Gasteiger partial charge in [0.05, 0.1) is 29.5 Å². The minimum Gasteiger partial charge on any atom is -0.458 e. The molecule has 6 rings (SSSR count). The molecule has 0 aromatic rings. The van der Waals surface area contributed by atoms with E-state index in [9.17, 15) is 20.1 Å². The van der Waals surface area contributed by atoms with E-state index >= 15 is 0 Å². The molecule has 8 heteroatoms. The van der Waals surface area contributed by atoms with Gasteiger partial charge in [-0.25, -0.2) is 4.79 Å². The van der Waals surface area contributed by atoms with Crippen molar-refractivity contribution in [3.05, 3.63) is 11.6 Å². The van der Waals surface area contributed by atoms with Crippen LogP contribution < -0.4 is 0 Å². The van der Waals surface area contributed by atoms with E-state index in [4.69, 9.17) is 18.9 Å². The number of aliphatic hydroxyl groups excluding tert-OH is 1. The molecule has 3 N–H and O–H groups in total. The van der Waals surface area contributed by atoms with E-state index in [1.54, 1.807) is 13.2 Å². The molecule has 2 heterocycles. The van der Waals surface area contributed by atoms with Crippen molar-refractivity contribution in [1.82, 2.24) is 0 Å². The van der Waals surface area contributed by atoms with Gasteiger partial charge in [-0.1, -0.05) is 13.8 Å². The Hall–Kier alpha value is -1.03. The first-order valence-electron chi connectivity index (χ1n) is 14.8. The average molecular weight is 535 g/mol. The zero-order valence-corrected chi connectivity index (χ0v) is 23.4. The number of fused-ring (bicyclic) bond motifs is 5. The van der Waals surface area contributed by atoms with Crippen molar-refractivity contribution in [3.8, 4) is 0 Å². The van der Waals surface area contributed by atoms with Gasteiger partial charge in [0.15, 0.2) is 6.29 Å². The molecule has 0 bridgehead atoms. The molecule has 214 valence electrons. The van der Waals surface area contributed by atoms with Crippen LogP contribution in [0.2, 0.25) is 0 Å². The summed E-state index contributed by atoms with van der Waals surface area (Å²) in [7, 11) is 1.60. The van der Waals surface area contributed by atoms with Crippen molar-refractivity contribution in [2.45, 2.75) is 127 Å². The predicted molar refractivity (Wildman–Crippen MR) is 138 cm³/mol. The normalized spacial score (nSPS) is 54.5. The van der Waals surface area contributed by atoms with Crippen LogP contribution in [0.5, 0.6) is 0 Å². The number of aliphatic hydroxyl groups is 3. The molecule has 0 spiro atoms. The molecular weight excluding hydrogens is 488 g/mol. The third-order valence-electron chi connectivity index (χ3n) is 12.4. The maximum atomic E-state index is 12.4. The first kappa shape index (κ1) is 27.2. The highest BCUT2D eigenvalue weighted by Gasteiger charge is 2.70. The van der Waals surface area contributed by atoms with E-state index in [1.165, 1.54) is 0 Å². The first-order valence-corrected chi connectivity index (χ1v) is 14.8. The zero-order chi connectivity index (χ0) is 27.1. The van der Waals surface area contributed by atoms with Crippen molar-refractivity contribution < 1.29 is 39.1 Å². The van der Waals surface area contributed by atoms with Crippen LogP contribution in [0.3, 0.4) is 0 Å². The number of rotatable bonds is 4. The molecule has 6 aliphatic rings. The number of esters is 1. The van der Waals surface area contributed by atoms with E-state index in [2.05, 4.69) is 13.8 Å². The fourth-order valence-corrected chi connectivity index (χ4v) is 10.0. The summed E-state index contributed by atoms with van der Waals surface area (Å²) in [5.74, 6) is 0.293. The highest BCUT2D eigenvalue weighted by Crippen LogP contribution is 2.70. The number of hydrogen-bond acceptors (Lipinski definition) is 8. The summed E-state index contributed by atoms with van der Waals surface area (Å²) in [6, 6.07) is 0. The van der Waals surface area contributed by atoms with Crippen LogP contribution in [0.1, 0.15) is 85.0 Å². The van der Waals surface area contributed by atoms with Crippen molar-refractivity contribution in [2.24, 2.45) is 28.6 Å². The van der Waals surface area contributed by atoms with E-state index in [1.807, 2.05) is 6.92 Å². The second-order valence-corrected chi connectivity index (χ2v) is 13.8. The molecule has 0 aromatic carbocycles. The lowest BCUT2D eigenvalue weighted by Crippen LogP contribution is -2.67. The predicted octanol–water partition coefficient (Wildman–Crippen LogP) is 3.25. The van der Waals surface area contributed by atoms with Gasteiger partial charge in [0.25, 0.3) is 0 Å². The molecule has 8 nitrogen and oxygen atoms in total. The SMILES string of the molecule is CO[C@@H]1C[C@H](O[C@H]2CC[C@]3(C)[C@@H]4CC[C@]5(C)[C@@H](C6=CC(=O)OC6)CC[C@]5(O)[C@@H]4CC[C@]3(O)C2)O[C@@H](C)[C@@H]1O. The summed E-state index contributed by atoms with van der Waals surface area (Å²) in [6.45, 7) is 6.67. The largest absolute Gasteiger partial charge is 0.458 e. The van der Waals surface area contributed by atoms with E-state index in [0.717, 1.165) is 50.5 Å². The fraction of sp³-hybridized carbons (Fsp3) is 0.900. The Morgan fingerprint density at radius 1 is 1.00 bits per heavy atom. The van der Waals surface area contributed by atoms with Gasteiger partial charge in [-0.05, 0) is 87.0 Å². The van der Waals surface area contributed by atoms with Gasteiger partial charge >= 0.3 is 5.97 Å². The molecule has 0 amide bonds. The molecule has 38 heavy (non-hydrogen) atoms. The standard InChI is InChI=1S/C30H46O8/c1-17-26(32)23(35-4)14-25(37-17)38-19-5-9-27(2)21-6-10-28(3)20(18-13-24(31)36-16-18)8-12-30(28,34)22(21)7-11-29(27,33)15-19/h13,17,19-23,25-26,32-34H,5-12,14-16H2,1-4H3/t17-,19-,20+,21+,22+,23+,25-,26-,27+,28+,29-,30-/m0/s1. The minimum absolute atomic E-state index is 0.116. The summed E-state index contributed by atoms with van der Waals surface area (Å²) >= 11 is 0. The van der Waals surface area contributed by atoms with Crippen LogP contribution in [-0.2, 0) is 23.7 Å². The summed E-state index contributed by atoms with van der Waals surface area (Å²) in [5.41, 5.74) is -1.17. The van der Waals surface area contributed by atoms with Crippen LogP contribution >= 0.6 is 0 Å². The van der Waals surface area contributed by atoms with Gasteiger partial charge in [-0.15, -0.1) is 0 Å². The fourth-order valence-electron chi connectivity index (χ4n) is 10.0. The number of carbonyl (C=O) groups excluding carboxylic acids is 1. The van der Waals surface area contributed by atoms with Crippen molar-refractivity contribution in [1.29, 1.82) is 0 Å². The van der Waals surface area contributed by atoms with E-state index < -0.39 is 23.6 Å². The van der Waals surface area contributed by atoms with Crippen LogP contribution in [0.15, 0.2) is 11.6 Å². The van der Waals surface area contributed by atoms with E-state index in [0.29, 0.717) is 25.9 Å². The van der Waals surface area contributed by atoms with E-state index in [-0.39, 0.29) is 52.9 Å². The second kappa shape index (κ2) is 9.25. The van der Waals surface area contributed by atoms with Crippen molar-refractivity contribution in [3.63, 3.8) is 0 Å². The average Bonchev–Trinajstić information content (AvgIpc) is 3.41. The van der Waals surface area contributed by atoms with Gasteiger partial charge in [0, 0.05) is 31.4 Å². The van der Waals surface area contributed by atoms with Crippen LogP contribution in [0.4, 0.5) is 0 Å². The Bertz CT molecular complexity index is 983. The lowest BCUT2D eigenvalue weighted by molar-refractivity contribution is -0.291. The second-order valence-electron chi connectivity index (χ2n) is 13.8. The summed E-state index contributed by atoms with van der Waals surface area (Å²) in [4.78, 5) is 11.8. The van der Waals surface area contributed by atoms with Crippen LogP contribution in [-0.4, -0.2) is 76.9 Å². The molecule has 0 unspecified atom stereocenters. The highest BCUT2D eigenvalue weighted by molar-refractivity contribution is 5.85. The molecule has 4 saturated carbocycles. The Morgan fingerprint density at radius 2 is 1.74 bits per heavy atom. The number of methoxy groups -OCH3 is 1. The van der Waals surface area contributed by atoms with Gasteiger partial charge in [0.1, 0.15) is 12.7 Å². The Morgan fingerprint density at radius 3 is 2.45 bits per heavy atom. The molecule has 1 saturated heterocycles. The number of cyclic esters (lactones) is 1. The highest BCUT2D eigenvalue weighted by atomic mass is 16.7.